The Kier molecular flexibility index (Phi) is 4.45. The smallest absolute Gasteiger partial charge is 0.109 e. The molecule has 2 heterocycles. The molecule has 0 bridgehead atoms. The fourth-order valence-electron chi connectivity index (χ4n) is 4.04. The molecule has 2 atom stereocenters. The summed E-state index contributed by atoms with van der Waals surface area (Å²) in [4.78, 5) is 4.93. The molecule has 1 N–H and O–H groups in total. The molecule has 0 aromatic carbocycles. The van der Waals surface area contributed by atoms with Gasteiger partial charge in [-0.2, -0.15) is 0 Å². The maximum atomic E-state index is 4.93. The molecule has 1 aliphatic carbocycles. The molecule has 1 aromatic heterocycles. The molecule has 2 unspecified atom stereocenters. The standard InChI is InChI=1S/C17H29N3/c1-3-5-17-19-15-11-18-9-8-16(15)20(17)12-14-7-4-6-13(2)10-14/h13-14,18H,3-12H2,1-2H3. The van der Waals surface area contributed by atoms with E-state index < -0.39 is 0 Å². The van der Waals surface area contributed by atoms with Crippen LogP contribution in [0, 0.1) is 11.8 Å². The highest BCUT2D eigenvalue weighted by atomic mass is 15.1. The van der Waals surface area contributed by atoms with Crippen LogP contribution in [0.4, 0.5) is 0 Å². The van der Waals surface area contributed by atoms with Gasteiger partial charge in [0.2, 0.25) is 0 Å². The van der Waals surface area contributed by atoms with Gasteiger partial charge in [0, 0.05) is 38.2 Å². The van der Waals surface area contributed by atoms with E-state index in [0.717, 1.165) is 37.8 Å². The van der Waals surface area contributed by atoms with E-state index in [1.165, 1.54) is 55.9 Å². The van der Waals surface area contributed by atoms with E-state index in [-0.39, 0.29) is 0 Å². The van der Waals surface area contributed by atoms with E-state index in [1.54, 1.807) is 0 Å². The normalized spacial score (nSPS) is 26.5. The summed E-state index contributed by atoms with van der Waals surface area (Å²) in [6.07, 6.45) is 9.18. The van der Waals surface area contributed by atoms with Gasteiger partial charge in [-0.25, -0.2) is 4.98 Å². The van der Waals surface area contributed by atoms with Crippen molar-refractivity contribution in [1.82, 2.24) is 14.9 Å². The molecule has 0 radical (unpaired) electrons. The Labute approximate surface area is 123 Å². The van der Waals surface area contributed by atoms with Gasteiger partial charge in [0.15, 0.2) is 0 Å². The molecule has 2 aliphatic rings. The van der Waals surface area contributed by atoms with E-state index in [0.29, 0.717) is 0 Å². The third-order valence-corrected chi connectivity index (χ3v) is 5.02. The lowest BCUT2D eigenvalue weighted by atomic mass is 9.82. The summed E-state index contributed by atoms with van der Waals surface area (Å²) in [5, 5.41) is 3.46. The summed E-state index contributed by atoms with van der Waals surface area (Å²) in [5.74, 6) is 3.14. The van der Waals surface area contributed by atoms with E-state index in [4.69, 9.17) is 4.98 Å². The van der Waals surface area contributed by atoms with Gasteiger partial charge >= 0.3 is 0 Å². The lowest BCUT2D eigenvalue weighted by Crippen LogP contribution is -2.26. The third-order valence-electron chi connectivity index (χ3n) is 5.02. The molecule has 0 amide bonds. The SMILES string of the molecule is CCCc1nc2c(n1CC1CCCC(C)C1)CCNC2. The zero-order valence-corrected chi connectivity index (χ0v) is 13.1. The van der Waals surface area contributed by atoms with Crippen LogP contribution in [0.1, 0.15) is 63.2 Å². The first-order valence-corrected chi connectivity index (χ1v) is 8.55. The lowest BCUT2D eigenvalue weighted by molar-refractivity contribution is 0.253. The molecule has 1 fully saturated rings. The highest BCUT2D eigenvalue weighted by Gasteiger charge is 2.24. The van der Waals surface area contributed by atoms with Gasteiger partial charge in [0.1, 0.15) is 5.82 Å². The molecule has 20 heavy (non-hydrogen) atoms. The number of aromatic nitrogens is 2. The molecule has 3 rings (SSSR count). The van der Waals surface area contributed by atoms with Gasteiger partial charge in [-0.1, -0.05) is 26.7 Å². The predicted octanol–water partition coefficient (Wildman–Crippen LogP) is 3.31. The fourth-order valence-corrected chi connectivity index (χ4v) is 4.04. The molecule has 0 spiro atoms. The predicted molar refractivity (Wildman–Crippen MR) is 82.8 cm³/mol. The molecule has 1 saturated carbocycles. The summed E-state index contributed by atoms with van der Waals surface area (Å²) in [7, 11) is 0. The van der Waals surface area contributed by atoms with Crippen molar-refractivity contribution < 1.29 is 0 Å². The first-order valence-electron chi connectivity index (χ1n) is 8.55. The molecule has 1 aromatic rings. The van der Waals surface area contributed by atoms with Crippen LogP contribution in [-0.4, -0.2) is 16.1 Å². The van der Waals surface area contributed by atoms with Crippen molar-refractivity contribution in [3.8, 4) is 0 Å². The Hall–Kier alpha value is -0.830. The highest BCUT2D eigenvalue weighted by molar-refractivity contribution is 5.20. The van der Waals surface area contributed by atoms with E-state index in [1.807, 2.05) is 0 Å². The Bertz CT molecular complexity index is 449. The number of aryl methyl sites for hydroxylation is 1. The Balaban J connectivity index is 1.81. The number of nitrogens with zero attached hydrogens (tertiary/aromatic N) is 2. The van der Waals surface area contributed by atoms with Crippen LogP contribution in [0.3, 0.4) is 0 Å². The number of hydrogen-bond acceptors (Lipinski definition) is 2. The number of hydrogen-bond donors (Lipinski definition) is 1. The maximum absolute atomic E-state index is 4.93. The molecular formula is C17H29N3. The molecular weight excluding hydrogens is 246 g/mol. The maximum Gasteiger partial charge on any atom is 0.109 e. The molecule has 112 valence electrons. The summed E-state index contributed by atoms with van der Waals surface area (Å²) >= 11 is 0. The van der Waals surface area contributed by atoms with Crippen molar-refractivity contribution >= 4 is 0 Å². The van der Waals surface area contributed by atoms with Gasteiger partial charge in [0.25, 0.3) is 0 Å². The summed E-state index contributed by atoms with van der Waals surface area (Å²) in [6, 6.07) is 0. The van der Waals surface area contributed by atoms with Crippen molar-refractivity contribution in [1.29, 1.82) is 0 Å². The lowest BCUT2D eigenvalue weighted by Gasteiger charge is -2.28. The van der Waals surface area contributed by atoms with Crippen molar-refractivity contribution in [3.63, 3.8) is 0 Å². The first kappa shape index (κ1) is 14.1. The number of imidazole rings is 1. The second-order valence-electron chi connectivity index (χ2n) is 6.85. The second kappa shape index (κ2) is 6.30. The van der Waals surface area contributed by atoms with E-state index in [9.17, 15) is 0 Å². The van der Waals surface area contributed by atoms with Gasteiger partial charge in [0.05, 0.1) is 5.69 Å². The largest absolute Gasteiger partial charge is 0.331 e. The van der Waals surface area contributed by atoms with Crippen molar-refractivity contribution in [2.24, 2.45) is 11.8 Å². The van der Waals surface area contributed by atoms with Crippen LogP contribution in [-0.2, 0) is 25.9 Å². The van der Waals surface area contributed by atoms with E-state index >= 15 is 0 Å². The first-order chi connectivity index (χ1) is 9.78. The van der Waals surface area contributed by atoms with Crippen LogP contribution in [0.25, 0.3) is 0 Å². The molecule has 3 nitrogen and oxygen atoms in total. The second-order valence-corrected chi connectivity index (χ2v) is 6.85. The third kappa shape index (κ3) is 2.93. The van der Waals surface area contributed by atoms with Crippen LogP contribution in [0.15, 0.2) is 0 Å². The Morgan fingerprint density at radius 1 is 1.35 bits per heavy atom. The van der Waals surface area contributed by atoms with Crippen LogP contribution in [0.5, 0.6) is 0 Å². The van der Waals surface area contributed by atoms with Crippen molar-refractivity contribution in [3.05, 3.63) is 17.2 Å². The van der Waals surface area contributed by atoms with Crippen molar-refractivity contribution in [2.75, 3.05) is 6.54 Å². The molecule has 0 saturated heterocycles. The van der Waals surface area contributed by atoms with Gasteiger partial charge < -0.3 is 9.88 Å². The highest BCUT2D eigenvalue weighted by Crippen LogP contribution is 2.31. The van der Waals surface area contributed by atoms with Gasteiger partial charge in [-0.3, -0.25) is 0 Å². The number of nitrogens with one attached hydrogen (secondary N) is 1. The van der Waals surface area contributed by atoms with Crippen molar-refractivity contribution in [2.45, 2.75) is 71.9 Å². The van der Waals surface area contributed by atoms with Gasteiger partial charge in [-0.05, 0) is 31.1 Å². The summed E-state index contributed by atoms with van der Waals surface area (Å²) in [6.45, 7) is 8.00. The van der Waals surface area contributed by atoms with Crippen LogP contribution >= 0.6 is 0 Å². The van der Waals surface area contributed by atoms with Gasteiger partial charge in [-0.15, -0.1) is 0 Å². The fraction of sp³-hybridized carbons (Fsp3) is 0.824. The Morgan fingerprint density at radius 2 is 2.25 bits per heavy atom. The zero-order chi connectivity index (χ0) is 13.9. The number of rotatable bonds is 4. The zero-order valence-electron chi connectivity index (χ0n) is 13.1. The topological polar surface area (TPSA) is 29.9 Å². The van der Waals surface area contributed by atoms with Crippen LogP contribution in [0.2, 0.25) is 0 Å². The van der Waals surface area contributed by atoms with Crippen LogP contribution < -0.4 is 5.32 Å². The average molecular weight is 275 g/mol. The Morgan fingerprint density at radius 3 is 3.05 bits per heavy atom. The summed E-state index contributed by atoms with van der Waals surface area (Å²) in [5.41, 5.74) is 2.86. The van der Waals surface area contributed by atoms with E-state index in [2.05, 4.69) is 23.7 Å². The summed E-state index contributed by atoms with van der Waals surface area (Å²) < 4.78 is 2.60. The number of fused-ring (bicyclic) bond motifs is 1. The average Bonchev–Trinajstić information content (AvgIpc) is 2.78. The minimum atomic E-state index is 0.877. The minimum Gasteiger partial charge on any atom is -0.331 e. The molecule has 3 heteroatoms. The molecule has 1 aliphatic heterocycles. The minimum absolute atomic E-state index is 0.877. The quantitative estimate of drug-likeness (QED) is 0.913. The monoisotopic (exact) mass is 275 g/mol.